The van der Waals surface area contributed by atoms with Crippen molar-refractivity contribution in [1.29, 1.82) is 0 Å². The van der Waals surface area contributed by atoms with E-state index in [-0.39, 0.29) is 12.1 Å². The van der Waals surface area contributed by atoms with Gasteiger partial charge in [-0.05, 0) is 65.8 Å². The first-order valence-electron chi connectivity index (χ1n) is 8.33. The molecule has 4 nitrogen and oxygen atoms in total. The Morgan fingerprint density at radius 3 is 2.70 bits per heavy atom. The predicted molar refractivity (Wildman–Crippen MR) is 86.2 cm³/mol. The van der Waals surface area contributed by atoms with Gasteiger partial charge in [-0.1, -0.05) is 13.8 Å². The molecule has 0 radical (unpaired) electrons. The summed E-state index contributed by atoms with van der Waals surface area (Å²) < 4.78 is 0. The lowest BCUT2D eigenvalue weighted by Crippen LogP contribution is -2.46. The Kier molecular flexibility index (Phi) is 8.03. The van der Waals surface area contributed by atoms with Crippen LogP contribution in [0, 0.1) is 0 Å². The van der Waals surface area contributed by atoms with Crippen LogP contribution in [0.1, 0.15) is 46.0 Å². The van der Waals surface area contributed by atoms with Gasteiger partial charge in [0.05, 0.1) is 6.61 Å². The average molecular weight is 285 g/mol. The molecule has 0 amide bonds. The minimum absolute atomic E-state index is 0.0797. The molecule has 0 saturated carbocycles. The number of nitrogens with zero attached hydrogens (tertiary/aromatic N) is 2. The molecule has 1 fully saturated rings. The summed E-state index contributed by atoms with van der Waals surface area (Å²) in [5, 5.41) is 12.9. The summed E-state index contributed by atoms with van der Waals surface area (Å²) in [7, 11) is 4.19. The van der Waals surface area contributed by atoms with E-state index < -0.39 is 0 Å². The molecule has 1 heterocycles. The topological polar surface area (TPSA) is 38.7 Å². The Labute approximate surface area is 125 Å². The Balaban J connectivity index is 2.27. The van der Waals surface area contributed by atoms with Gasteiger partial charge in [0, 0.05) is 18.1 Å². The monoisotopic (exact) mass is 285 g/mol. The van der Waals surface area contributed by atoms with E-state index in [1.165, 1.54) is 32.5 Å². The van der Waals surface area contributed by atoms with Crippen LogP contribution in [-0.4, -0.2) is 73.4 Å². The average Bonchev–Trinajstić information content (AvgIpc) is 2.91. The molecule has 1 aliphatic rings. The van der Waals surface area contributed by atoms with Crippen molar-refractivity contribution in [2.75, 3.05) is 46.9 Å². The summed E-state index contributed by atoms with van der Waals surface area (Å²) in [6.07, 6.45) is 5.88. The molecule has 0 spiro atoms. The van der Waals surface area contributed by atoms with Crippen LogP contribution in [-0.2, 0) is 0 Å². The van der Waals surface area contributed by atoms with Gasteiger partial charge in [0.15, 0.2) is 0 Å². The minimum atomic E-state index is -0.0797. The van der Waals surface area contributed by atoms with Crippen molar-refractivity contribution in [2.45, 2.75) is 57.5 Å². The van der Waals surface area contributed by atoms with E-state index in [2.05, 4.69) is 36.0 Å². The normalized spacial score (nSPS) is 23.4. The smallest absolute Gasteiger partial charge is 0.0613 e. The van der Waals surface area contributed by atoms with E-state index in [0.717, 1.165) is 31.8 Å². The zero-order valence-corrected chi connectivity index (χ0v) is 14.0. The quantitative estimate of drug-likeness (QED) is 0.639. The molecular formula is C16H35N3O. The highest BCUT2D eigenvalue weighted by Crippen LogP contribution is 2.19. The molecule has 1 saturated heterocycles. The summed E-state index contributed by atoms with van der Waals surface area (Å²) >= 11 is 0. The lowest BCUT2D eigenvalue weighted by Gasteiger charge is -2.32. The molecule has 0 aromatic heterocycles. The van der Waals surface area contributed by atoms with Crippen LogP contribution in [0.4, 0.5) is 0 Å². The van der Waals surface area contributed by atoms with Crippen LogP contribution in [0.5, 0.6) is 0 Å². The van der Waals surface area contributed by atoms with Crippen molar-refractivity contribution in [2.24, 2.45) is 0 Å². The van der Waals surface area contributed by atoms with E-state index in [0.29, 0.717) is 0 Å². The molecule has 2 atom stereocenters. The summed E-state index contributed by atoms with van der Waals surface area (Å²) in [6, 6.07) is 0.753. The van der Waals surface area contributed by atoms with Crippen LogP contribution in [0.25, 0.3) is 0 Å². The van der Waals surface area contributed by atoms with Crippen molar-refractivity contribution in [3.63, 3.8) is 0 Å². The zero-order valence-electron chi connectivity index (χ0n) is 14.0. The molecule has 120 valence electrons. The third kappa shape index (κ3) is 4.99. The van der Waals surface area contributed by atoms with Crippen LogP contribution in [0.15, 0.2) is 0 Å². The van der Waals surface area contributed by atoms with Gasteiger partial charge in [-0.25, -0.2) is 0 Å². The third-order valence-electron chi connectivity index (χ3n) is 5.13. The maximum Gasteiger partial charge on any atom is 0.0613 e. The molecule has 0 aromatic carbocycles. The van der Waals surface area contributed by atoms with Crippen molar-refractivity contribution < 1.29 is 5.11 Å². The number of hydrogen-bond acceptors (Lipinski definition) is 4. The highest BCUT2D eigenvalue weighted by atomic mass is 16.3. The number of likely N-dealkylation sites (N-methyl/N-ethyl adjacent to an activating group) is 3. The standard InChI is InChI=1S/C16H35N3O/c1-5-16(14-20,17-3)10-8-11-18(4)13-15-9-7-12-19(15)6-2/h15,17,20H,5-14H2,1-4H3. The Morgan fingerprint density at radius 2 is 2.15 bits per heavy atom. The predicted octanol–water partition coefficient (Wildman–Crippen LogP) is 1.54. The highest BCUT2D eigenvalue weighted by molar-refractivity contribution is 4.85. The van der Waals surface area contributed by atoms with E-state index in [4.69, 9.17) is 0 Å². The number of aliphatic hydroxyl groups excluding tert-OH is 1. The SMILES string of the molecule is CCN1CCCC1CN(C)CCCC(CC)(CO)NC. The van der Waals surface area contributed by atoms with Gasteiger partial charge in [0.1, 0.15) is 0 Å². The number of rotatable bonds is 10. The summed E-state index contributed by atoms with van der Waals surface area (Å²) in [4.78, 5) is 5.07. The van der Waals surface area contributed by atoms with Crippen LogP contribution in [0.2, 0.25) is 0 Å². The van der Waals surface area contributed by atoms with Gasteiger partial charge in [-0.2, -0.15) is 0 Å². The van der Waals surface area contributed by atoms with E-state index in [1.807, 2.05) is 7.05 Å². The van der Waals surface area contributed by atoms with Gasteiger partial charge < -0.3 is 15.3 Å². The highest BCUT2D eigenvalue weighted by Gasteiger charge is 2.26. The van der Waals surface area contributed by atoms with Crippen LogP contribution in [0.3, 0.4) is 0 Å². The van der Waals surface area contributed by atoms with Crippen molar-refractivity contribution in [1.82, 2.24) is 15.1 Å². The molecule has 2 unspecified atom stereocenters. The number of hydrogen-bond donors (Lipinski definition) is 2. The largest absolute Gasteiger partial charge is 0.394 e. The van der Waals surface area contributed by atoms with Crippen molar-refractivity contribution in [3.8, 4) is 0 Å². The number of aliphatic hydroxyl groups is 1. The first-order chi connectivity index (χ1) is 9.60. The summed E-state index contributed by atoms with van der Waals surface area (Å²) in [5.74, 6) is 0. The fourth-order valence-corrected chi connectivity index (χ4v) is 3.41. The van der Waals surface area contributed by atoms with Gasteiger partial charge in [0.25, 0.3) is 0 Å². The molecule has 1 aliphatic heterocycles. The molecular weight excluding hydrogens is 250 g/mol. The lowest BCUT2D eigenvalue weighted by molar-refractivity contribution is 0.143. The molecule has 20 heavy (non-hydrogen) atoms. The zero-order chi connectivity index (χ0) is 15.0. The van der Waals surface area contributed by atoms with Crippen molar-refractivity contribution in [3.05, 3.63) is 0 Å². The first-order valence-corrected chi connectivity index (χ1v) is 8.33. The number of nitrogens with one attached hydrogen (secondary N) is 1. The molecule has 1 rings (SSSR count). The van der Waals surface area contributed by atoms with Gasteiger partial charge in [-0.3, -0.25) is 4.90 Å². The molecule has 0 bridgehead atoms. The van der Waals surface area contributed by atoms with Crippen molar-refractivity contribution >= 4 is 0 Å². The van der Waals surface area contributed by atoms with Gasteiger partial charge in [0.2, 0.25) is 0 Å². The summed E-state index contributed by atoms with van der Waals surface area (Å²) in [6.45, 7) is 9.41. The lowest BCUT2D eigenvalue weighted by atomic mass is 9.91. The van der Waals surface area contributed by atoms with Crippen LogP contribution >= 0.6 is 0 Å². The Morgan fingerprint density at radius 1 is 1.40 bits per heavy atom. The van der Waals surface area contributed by atoms with E-state index in [9.17, 15) is 5.11 Å². The molecule has 4 heteroatoms. The maximum absolute atomic E-state index is 9.56. The minimum Gasteiger partial charge on any atom is -0.394 e. The van der Waals surface area contributed by atoms with Crippen LogP contribution < -0.4 is 5.32 Å². The fraction of sp³-hybridized carbons (Fsp3) is 1.00. The van der Waals surface area contributed by atoms with E-state index >= 15 is 0 Å². The Bertz CT molecular complexity index is 248. The second-order valence-electron chi connectivity index (χ2n) is 6.33. The van der Waals surface area contributed by atoms with Gasteiger partial charge in [-0.15, -0.1) is 0 Å². The number of likely N-dealkylation sites (tertiary alicyclic amines) is 1. The second kappa shape index (κ2) is 8.98. The first kappa shape index (κ1) is 17.9. The fourth-order valence-electron chi connectivity index (χ4n) is 3.41. The molecule has 2 N–H and O–H groups in total. The second-order valence-corrected chi connectivity index (χ2v) is 6.33. The van der Waals surface area contributed by atoms with E-state index in [1.54, 1.807) is 0 Å². The maximum atomic E-state index is 9.56. The molecule has 0 aliphatic carbocycles. The third-order valence-corrected chi connectivity index (χ3v) is 5.13. The molecule has 0 aromatic rings. The van der Waals surface area contributed by atoms with Gasteiger partial charge >= 0.3 is 0 Å². The Hall–Kier alpha value is -0.160. The summed E-state index contributed by atoms with van der Waals surface area (Å²) in [5.41, 5.74) is -0.0797.